The lowest BCUT2D eigenvalue weighted by Crippen LogP contribution is -2.50. The van der Waals surface area contributed by atoms with E-state index in [2.05, 4.69) is 123 Å². The third-order valence-electron chi connectivity index (χ3n) is 11.2. The molecule has 0 aromatic carbocycles. The third kappa shape index (κ3) is 46.9. The number of nitrogens with zero attached hydrogens (tertiary/aromatic N) is 1. The standard InChI is InChI=1S/C59H97NO7/c1-6-8-10-12-14-16-18-20-22-24-26-28-30-31-33-35-37-39-41-43-45-47-49-57(61)66-54-55(53-65-52-51-56(59(63)64)60(3,4)5)67-58(62)50-48-46-44-42-40-38-36-34-32-29-27-25-23-21-19-17-15-13-11-9-7-2/h9,11,14-17,20-23,26-29,34,36,40,42,55-56H,6-8,10,12-13,18-19,24-25,30-33,35,37-39,41,43-54H2,1-5H3/p+1/b11-9+,16-14+,17-15+,22-20+,23-21+,28-26+,29-27+,36-34+,42-40+. The minimum Gasteiger partial charge on any atom is -0.477 e. The van der Waals surface area contributed by atoms with Crippen molar-refractivity contribution in [2.75, 3.05) is 41.0 Å². The number of rotatable bonds is 46. The predicted molar refractivity (Wildman–Crippen MR) is 284 cm³/mol. The fourth-order valence-electron chi connectivity index (χ4n) is 7.10. The summed E-state index contributed by atoms with van der Waals surface area (Å²) in [4.78, 5) is 37.2. The number of unbranched alkanes of at least 4 members (excludes halogenated alkanes) is 14. The summed E-state index contributed by atoms with van der Waals surface area (Å²) in [6.45, 7) is 4.54. The molecule has 0 amide bonds. The van der Waals surface area contributed by atoms with Crippen LogP contribution in [-0.2, 0) is 28.6 Å². The molecule has 0 saturated heterocycles. The highest BCUT2D eigenvalue weighted by molar-refractivity contribution is 5.72. The van der Waals surface area contributed by atoms with Gasteiger partial charge in [-0.1, -0.05) is 181 Å². The Morgan fingerprint density at radius 1 is 0.463 bits per heavy atom. The van der Waals surface area contributed by atoms with Gasteiger partial charge in [-0.15, -0.1) is 0 Å². The maximum absolute atomic E-state index is 12.8. The number of ether oxygens (including phenoxy) is 3. The lowest BCUT2D eigenvalue weighted by Gasteiger charge is -2.31. The van der Waals surface area contributed by atoms with Crippen LogP contribution < -0.4 is 0 Å². The van der Waals surface area contributed by atoms with E-state index in [0.29, 0.717) is 19.3 Å². The van der Waals surface area contributed by atoms with E-state index in [1.165, 1.54) is 64.2 Å². The molecule has 2 unspecified atom stereocenters. The fourth-order valence-corrected chi connectivity index (χ4v) is 7.10. The summed E-state index contributed by atoms with van der Waals surface area (Å²) in [5, 5.41) is 9.66. The molecule has 0 saturated carbocycles. The van der Waals surface area contributed by atoms with Gasteiger partial charge in [0.05, 0.1) is 34.4 Å². The maximum atomic E-state index is 12.8. The van der Waals surface area contributed by atoms with E-state index < -0.39 is 18.1 Å². The van der Waals surface area contributed by atoms with E-state index >= 15 is 0 Å². The molecule has 0 aromatic rings. The molecule has 8 heteroatoms. The minimum atomic E-state index is -0.887. The van der Waals surface area contributed by atoms with Crippen molar-refractivity contribution in [3.8, 4) is 0 Å². The zero-order valence-corrected chi connectivity index (χ0v) is 43.3. The van der Waals surface area contributed by atoms with Gasteiger partial charge in [-0.25, -0.2) is 4.79 Å². The number of esters is 2. The lowest BCUT2D eigenvalue weighted by molar-refractivity contribution is -0.887. The Morgan fingerprint density at radius 3 is 1.27 bits per heavy atom. The quantitative estimate of drug-likeness (QED) is 0.0281. The topological polar surface area (TPSA) is 99.1 Å². The van der Waals surface area contributed by atoms with Crippen molar-refractivity contribution in [1.82, 2.24) is 0 Å². The third-order valence-corrected chi connectivity index (χ3v) is 11.2. The molecule has 0 radical (unpaired) electrons. The van der Waals surface area contributed by atoms with Crippen LogP contribution >= 0.6 is 0 Å². The van der Waals surface area contributed by atoms with Crippen molar-refractivity contribution in [2.45, 2.75) is 206 Å². The number of carbonyl (C=O) groups is 3. The molecular weight excluding hydrogens is 835 g/mol. The van der Waals surface area contributed by atoms with Crippen molar-refractivity contribution in [3.63, 3.8) is 0 Å². The molecule has 0 aromatic heterocycles. The number of quaternary nitrogens is 1. The van der Waals surface area contributed by atoms with Crippen molar-refractivity contribution < 1.29 is 38.2 Å². The first-order valence-electron chi connectivity index (χ1n) is 26.4. The molecule has 2 atom stereocenters. The average molecular weight is 933 g/mol. The van der Waals surface area contributed by atoms with Crippen molar-refractivity contribution in [2.24, 2.45) is 0 Å². The summed E-state index contributed by atoms with van der Waals surface area (Å²) in [5.74, 6) is -1.54. The molecule has 0 aliphatic carbocycles. The maximum Gasteiger partial charge on any atom is 0.362 e. The molecule has 0 fully saturated rings. The minimum absolute atomic E-state index is 0.0346. The number of aliphatic carboxylic acids is 1. The molecule has 0 bridgehead atoms. The predicted octanol–water partition coefficient (Wildman–Crippen LogP) is 15.6. The first-order chi connectivity index (χ1) is 32.6. The van der Waals surface area contributed by atoms with Gasteiger partial charge in [0.1, 0.15) is 6.61 Å². The molecule has 0 aliphatic rings. The SMILES string of the molecule is CC/C=C/C/C=C/C/C=C/C/C=C/C/C=C/C/C=C/CCCCC(=O)OC(COCCC(C(=O)O)[N+](C)(C)C)COC(=O)CCCCCCCCCCC/C=C/C/C=C/C/C=C/CCCCC. The van der Waals surface area contributed by atoms with Gasteiger partial charge >= 0.3 is 17.9 Å². The van der Waals surface area contributed by atoms with Crippen LogP contribution in [0.4, 0.5) is 0 Å². The highest BCUT2D eigenvalue weighted by atomic mass is 16.6. The second kappa shape index (κ2) is 48.4. The Labute approximate surface area is 410 Å². The van der Waals surface area contributed by atoms with Crippen LogP contribution in [0.3, 0.4) is 0 Å². The van der Waals surface area contributed by atoms with Gasteiger partial charge < -0.3 is 23.8 Å². The van der Waals surface area contributed by atoms with E-state index in [1.54, 1.807) is 0 Å². The average Bonchev–Trinajstić information content (AvgIpc) is 3.29. The summed E-state index contributed by atoms with van der Waals surface area (Å²) in [5.41, 5.74) is 0. The molecule has 8 nitrogen and oxygen atoms in total. The molecule has 1 N–H and O–H groups in total. The van der Waals surface area contributed by atoms with Gasteiger partial charge in [-0.2, -0.15) is 0 Å². The Bertz CT molecular complexity index is 1460. The molecule has 0 heterocycles. The van der Waals surface area contributed by atoms with Gasteiger partial charge in [-0.05, 0) is 103 Å². The van der Waals surface area contributed by atoms with Crippen molar-refractivity contribution >= 4 is 17.9 Å². The number of carboxylic acids is 1. The molecule has 0 rings (SSSR count). The van der Waals surface area contributed by atoms with Crippen LogP contribution in [-0.4, -0.2) is 80.6 Å². The van der Waals surface area contributed by atoms with Crippen LogP contribution in [0.25, 0.3) is 0 Å². The van der Waals surface area contributed by atoms with E-state index in [9.17, 15) is 19.5 Å². The monoisotopic (exact) mass is 933 g/mol. The van der Waals surface area contributed by atoms with E-state index in [1.807, 2.05) is 21.1 Å². The number of hydrogen-bond acceptors (Lipinski definition) is 6. The zero-order chi connectivity index (χ0) is 49.2. The number of carboxylic acid groups (broad SMARTS) is 1. The highest BCUT2D eigenvalue weighted by Gasteiger charge is 2.31. The summed E-state index contributed by atoms with van der Waals surface area (Å²) in [6.07, 6.45) is 67.1. The summed E-state index contributed by atoms with van der Waals surface area (Å²) in [6, 6.07) is -0.631. The normalized spacial score (nSPS) is 13.7. The summed E-state index contributed by atoms with van der Waals surface area (Å²) in [7, 11) is 5.51. The first kappa shape index (κ1) is 63.0. The van der Waals surface area contributed by atoms with Gasteiger partial charge in [0.2, 0.25) is 0 Å². The molecule has 67 heavy (non-hydrogen) atoms. The van der Waals surface area contributed by atoms with Gasteiger partial charge in [0.25, 0.3) is 0 Å². The van der Waals surface area contributed by atoms with E-state index in [4.69, 9.17) is 14.2 Å². The van der Waals surface area contributed by atoms with Crippen LogP contribution in [0.5, 0.6) is 0 Å². The number of allylic oxidation sites excluding steroid dienone is 18. The number of likely N-dealkylation sites (N-methyl/N-ethyl adjacent to an activating group) is 1. The van der Waals surface area contributed by atoms with Gasteiger partial charge in [0.15, 0.2) is 12.1 Å². The second-order valence-electron chi connectivity index (χ2n) is 18.4. The Balaban J connectivity index is 4.35. The summed E-state index contributed by atoms with van der Waals surface area (Å²) >= 11 is 0. The Morgan fingerprint density at radius 2 is 0.836 bits per heavy atom. The van der Waals surface area contributed by atoms with Crippen LogP contribution in [0.15, 0.2) is 109 Å². The highest BCUT2D eigenvalue weighted by Crippen LogP contribution is 2.14. The van der Waals surface area contributed by atoms with Gasteiger partial charge in [0, 0.05) is 19.3 Å². The first-order valence-corrected chi connectivity index (χ1v) is 26.4. The smallest absolute Gasteiger partial charge is 0.362 e. The summed E-state index contributed by atoms with van der Waals surface area (Å²) < 4.78 is 17.3. The zero-order valence-electron chi connectivity index (χ0n) is 43.3. The van der Waals surface area contributed by atoms with Crippen LogP contribution in [0.1, 0.15) is 194 Å². The number of hydrogen-bond donors (Lipinski definition) is 1. The molecule has 380 valence electrons. The van der Waals surface area contributed by atoms with Crippen molar-refractivity contribution in [3.05, 3.63) is 109 Å². The fraction of sp³-hybridized carbons (Fsp3) is 0.644. The van der Waals surface area contributed by atoms with Crippen LogP contribution in [0, 0.1) is 0 Å². The second-order valence-corrected chi connectivity index (χ2v) is 18.4. The molecule has 0 aliphatic heterocycles. The Hall–Kier alpha value is -4.01. The van der Waals surface area contributed by atoms with E-state index in [-0.39, 0.29) is 42.7 Å². The van der Waals surface area contributed by atoms with Gasteiger partial charge in [-0.3, -0.25) is 9.59 Å². The van der Waals surface area contributed by atoms with E-state index in [0.717, 1.165) is 89.9 Å². The van der Waals surface area contributed by atoms with Crippen molar-refractivity contribution in [1.29, 1.82) is 0 Å². The number of carbonyl (C=O) groups excluding carboxylic acids is 2. The molecule has 0 spiro atoms. The largest absolute Gasteiger partial charge is 0.477 e. The lowest BCUT2D eigenvalue weighted by atomic mass is 10.1. The molecular formula is C59H98NO7+. The Kier molecular flexibility index (Phi) is 45.5. The van der Waals surface area contributed by atoms with Crippen LogP contribution in [0.2, 0.25) is 0 Å².